The normalized spacial score (nSPS) is 12.4. The van der Waals surface area contributed by atoms with E-state index in [0.29, 0.717) is 10.0 Å². The predicted octanol–water partition coefficient (Wildman–Crippen LogP) is 4.86. The zero-order valence-electron chi connectivity index (χ0n) is 11.1. The van der Waals surface area contributed by atoms with E-state index in [0.717, 1.165) is 12.0 Å². The standard InChI is InChI=1S/C16H17Cl2N/c1-3-11-5-4-6-12(7-11)16(19-2)13-8-14(17)10-15(18)9-13/h4-10,16,19H,3H2,1-2H3. The van der Waals surface area contributed by atoms with E-state index < -0.39 is 0 Å². The van der Waals surface area contributed by atoms with Gasteiger partial charge >= 0.3 is 0 Å². The van der Waals surface area contributed by atoms with E-state index in [2.05, 4.69) is 36.5 Å². The molecule has 0 amide bonds. The second-order valence-corrected chi connectivity index (χ2v) is 5.40. The van der Waals surface area contributed by atoms with Crippen LogP contribution in [-0.2, 0) is 6.42 Å². The highest BCUT2D eigenvalue weighted by Crippen LogP contribution is 2.28. The molecule has 0 aliphatic rings. The van der Waals surface area contributed by atoms with Crippen LogP contribution in [0, 0.1) is 0 Å². The molecule has 0 aliphatic heterocycles. The van der Waals surface area contributed by atoms with Gasteiger partial charge in [0.2, 0.25) is 0 Å². The Morgan fingerprint density at radius 3 is 2.26 bits per heavy atom. The largest absolute Gasteiger partial charge is 0.309 e. The van der Waals surface area contributed by atoms with Gasteiger partial charge in [0.15, 0.2) is 0 Å². The molecular formula is C16H17Cl2N. The summed E-state index contributed by atoms with van der Waals surface area (Å²) in [5, 5.41) is 4.65. The van der Waals surface area contributed by atoms with Crippen LogP contribution >= 0.6 is 23.2 Å². The summed E-state index contributed by atoms with van der Waals surface area (Å²) in [5.74, 6) is 0. The summed E-state index contributed by atoms with van der Waals surface area (Å²) in [6.45, 7) is 2.16. The zero-order valence-corrected chi connectivity index (χ0v) is 12.6. The number of hydrogen-bond acceptors (Lipinski definition) is 1. The Morgan fingerprint density at radius 1 is 1.00 bits per heavy atom. The van der Waals surface area contributed by atoms with Crippen LogP contribution in [0.5, 0.6) is 0 Å². The van der Waals surface area contributed by atoms with Crippen LogP contribution in [0.1, 0.15) is 29.7 Å². The predicted molar refractivity (Wildman–Crippen MR) is 83.2 cm³/mol. The minimum Gasteiger partial charge on any atom is -0.309 e. The summed E-state index contributed by atoms with van der Waals surface area (Å²) in [7, 11) is 1.94. The van der Waals surface area contributed by atoms with Gasteiger partial charge in [0, 0.05) is 10.0 Å². The second-order valence-electron chi connectivity index (χ2n) is 4.52. The lowest BCUT2D eigenvalue weighted by atomic mass is 9.97. The number of aryl methyl sites for hydroxylation is 1. The smallest absolute Gasteiger partial charge is 0.0575 e. The average Bonchev–Trinajstić information content (AvgIpc) is 2.39. The highest BCUT2D eigenvalue weighted by Gasteiger charge is 2.13. The van der Waals surface area contributed by atoms with Gasteiger partial charge in [0.05, 0.1) is 6.04 Å². The van der Waals surface area contributed by atoms with Gasteiger partial charge in [0.25, 0.3) is 0 Å². The molecule has 2 rings (SSSR count). The minimum absolute atomic E-state index is 0.0997. The molecule has 2 aromatic rings. The fraction of sp³-hybridized carbons (Fsp3) is 0.250. The molecule has 0 fully saturated rings. The van der Waals surface area contributed by atoms with E-state index >= 15 is 0 Å². The Hall–Kier alpha value is -1.02. The van der Waals surface area contributed by atoms with Gasteiger partial charge in [-0.25, -0.2) is 0 Å². The Bertz CT molecular complexity index is 546. The van der Waals surface area contributed by atoms with Crippen LogP contribution in [0.3, 0.4) is 0 Å². The van der Waals surface area contributed by atoms with Crippen molar-refractivity contribution in [1.82, 2.24) is 5.32 Å². The highest BCUT2D eigenvalue weighted by atomic mass is 35.5. The molecule has 0 spiro atoms. The molecule has 100 valence electrons. The van der Waals surface area contributed by atoms with Crippen molar-refractivity contribution in [2.24, 2.45) is 0 Å². The van der Waals surface area contributed by atoms with E-state index in [1.807, 2.05) is 19.2 Å². The van der Waals surface area contributed by atoms with Crippen LogP contribution in [-0.4, -0.2) is 7.05 Å². The van der Waals surface area contributed by atoms with Crippen molar-refractivity contribution >= 4 is 23.2 Å². The van der Waals surface area contributed by atoms with Crippen LogP contribution in [0.2, 0.25) is 10.0 Å². The molecule has 1 unspecified atom stereocenters. The van der Waals surface area contributed by atoms with Gasteiger partial charge in [-0.1, -0.05) is 54.4 Å². The molecule has 0 aromatic heterocycles. The third-order valence-corrected chi connectivity index (χ3v) is 3.64. The molecule has 0 radical (unpaired) electrons. The molecule has 3 heteroatoms. The number of rotatable bonds is 4. The Kier molecular flexibility index (Phi) is 4.87. The third kappa shape index (κ3) is 3.50. The van der Waals surface area contributed by atoms with Crippen molar-refractivity contribution in [1.29, 1.82) is 0 Å². The summed E-state index contributed by atoms with van der Waals surface area (Å²) in [6, 6.07) is 14.3. The Labute approximate surface area is 124 Å². The molecular weight excluding hydrogens is 277 g/mol. The first kappa shape index (κ1) is 14.4. The molecule has 19 heavy (non-hydrogen) atoms. The first-order valence-corrected chi connectivity index (χ1v) is 7.11. The fourth-order valence-electron chi connectivity index (χ4n) is 2.26. The molecule has 0 bridgehead atoms. The molecule has 0 saturated carbocycles. The van der Waals surface area contributed by atoms with E-state index in [4.69, 9.17) is 23.2 Å². The lowest BCUT2D eigenvalue weighted by molar-refractivity contribution is 0.691. The fourth-order valence-corrected chi connectivity index (χ4v) is 2.80. The van der Waals surface area contributed by atoms with Gasteiger partial charge in [-0.05, 0) is 48.4 Å². The summed E-state index contributed by atoms with van der Waals surface area (Å²) >= 11 is 12.2. The van der Waals surface area contributed by atoms with Crippen LogP contribution in [0.25, 0.3) is 0 Å². The molecule has 2 aromatic carbocycles. The summed E-state index contributed by atoms with van der Waals surface area (Å²) in [4.78, 5) is 0. The van der Waals surface area contributed by atoms with E-state index in [-0.39, 0.29) is 6.04 Å². The van der Waals surface area contributed by atoms with Crippen molar-refractivity contribution in [3.63, 3.8) is 0 Å². The Morgan fingerprint density at radius 2 is 1.68 bits per heavy atom. The van der Waals surface area contributed by atoms with E-state index in [1.54, 1.807) is 6.07 Å². The molecule has 0 saturated heterocycles. The maximum atomic E-state index is 6.08. The van der Waals surface area contributed by atoms with Crippen LogP contribution in [0.15, 0.2) is 42.5 Å². The van der Waals surface area contributed by atoms with Crippen molar-refractivity contribution in [3.8, 4) is 0 Å². The maximum absolute atomic E-state index is 6.08. The van der Waals surface area contributed by atoms with Gasteiger partial charge < -0.3 is 5.32 Å². The first-order chi connectivity index (χ1) is 9.13. The molecule has 1 N–H and O–H groups in total. The molecule has 1 nitrogen and oxygen atoms in total. The summed E-state index contributed by atoms with van der Waals surface area (Å²) < 4.78 is 0. The van der Waals surface area contributed by atoms with Crippen LogP contribution < -0.4 is 5.32 Å². The first-order valence-electron chi connectivity index (χ1n) is 6.36. The van der Waals surface area contributed by atoms with Gasteiger partial charge in [0.1, 0.15) is 0 Å². The van der Waals surface area contributed by atoms with Gasteiger partial charge in [-0.15, -0.1) is 0 Å². The zero-order chi connectivity index (χ0) is 13.8. The molecule has 1 atom stereocenters. The maximum Gasteiger partial charge on any atom is 0.0575 e. The third-order valence-electron chi connectivity index (χ3n) is 3.20. The second kappa shape index (κ2) is 6.42. The average molecular weight is 294 g/mol. The van der Waals surface area contributed by atoms with E-state index in [1.165, 1.54) is 11.1 Å². The lowest BCUT2D eigenvalue weighted by Gasteiger charge is -2.18. The number of benzene rings is 2. The number of nitrogens with one attached hydrogen (secondary N) is 1. The number of halogens is 2. The quantitative estimate of drug-likeness (QED) is 0.848. The van der Waals surface area contributed by atoms with Gasteiger partial charge in [-0.3, -0.25) is 0 Å². The monoisotopic (exact) mass is 293 g/mol. The van der Waals surface area contributed by atoms with Crippen LogP contribution in [0.4, 0.5) is 0 Å². The molecule has 0 heterocycles. The SMILES string of the molecule is CCc1cccc(C(NC)c2cc(Cl)cc(Cl)c2)c1. The van der Waals surface area contributed by atoms with Crippen molar-refractivity contribution in [3.05, 3.63) is 69.2 Å². The van der Waals surface area contributed by atoms with Crippen molar-refractivity contribution in [2.45, 2.75) is 19.4 Å². The molecule has 0 aliphatic carbocycles. The minimum atomic E-state index is 0.0997. The highest BCUT2D eigenvalue weighted by molar-refractivity contribution is 6.34. The van der Waals surface area contributed by atoms with E-state index in [9.17, 15) is 0 Å². The van der Waals surface area contributed by atoms with Crippen molar-refractivity contribution in [2.75, 3.05) is 7.05 Å². The van der Waals surface area contributed by atoms with Gasteiger partial charge in [-0.2, -0.15) is 0 Å². The van der Waals surface area contributed by atoms with Crippen molar-refractivity contribution < 1.29 is 0 Å². The summed E-state index contributed by atoms with van der Waals surface area (Å²) in [6.07, 6.45) is 1.03. The lowest BCUT2D eigenvalue weighted by Crippen LogP contribution is -2.17. The number of hydrogen-bond donors (Lipinski definition) is 1. The summed E-state index contributed by atoms with van der Waals surface area (Å²) in [5.41, 5.74) is 3.62. The topological polar surface area (TPSA) is 12.0 Å². The Balaban J connectivity index is 2.43.